The number of para-hydroxylation sites is 1. The normalized spacial score (nSPS) is 11.3. The van der Waals surface area contributed by atoms with Crippen molar-refractivity contribution in [2.45, 2.75) is 37.6 Å². The molecule has 0 bridgehead atoms. The van der Waals surface area contributed by atoms with Gasteiger partial charge in [0.15, 0.2) is 0 Å². The Kier molecular flexibility index (Phi) is 12.3. The summed E-state index contributed by atoms with van der Waals surface area (Å²) in [6, 6.07) is 24.2. The van der Waals surface area contributed by atoms with Gasteiger partial charge >= 0.3 is 12.0 Å². The first-order chi connectivity index (χ1) is 19.9. The molecule has 10 heteroatoms. The molecule has 3 aromatic carbocycles. The van der Waals surface area contributed by atoms with Crippen molar-refractivity contribution in [1.29, 1.82) is 0 Å². The summed E-state index contributed by atoms with van der Waals surface area (Å²) in [5.74, 6) is -2.68. The van der Waals surface area contributed by atoms with Crippen LogP contribution in [0, 0.1) is 5.82 Å². The molecule has 0 radical (unpaired) electrons. The van der Waals surface area contributed by atoms with Crippen LogP contribution in [0.2, 0.25) is 0 Å². The van der Waals surface area contributed by atoms with Crippen molar-refractivity contribution in [3.8, 4) is 0 Å². The maximum Gasteiger partial charge on any atom is 0.328 e. The molecule has 0 saturated carbocycles. The number of amides is 4. The van der Waals surface area contributed by atoms with Gasteiger partial charge in [0.1, 0.15) is 18.3 Å². The zero-order chi connectivity index (χ0) is 29.5. The van der Waals surface area contributed by atoms with Crippen molar-refractivity contribution >= 4 is 29.5 Å². The minimum atomic E-state index is -0.958. The first-order valence-electron chi connectivity index (χ1n) is 13.4. The number of carbonyl (C=O) groups is 4. The highest BCUT2D eigenvalue weighted by atomic mass is 19.1. The van der Waals surface area contributed by atoms with Crippen LogP contribution in [0.5, 0.6) is 0 Å². The van der Waals surface area contributed by atoms with Gasteiger partial charge in [0, 0.05) is 19.0 Å². The largest absolute Gasteiger partial charge is 0.467 e. The minimum absolute atomic E-state index is 0.00127. The topological polar surface area (TPSA) is 126 Å². The molecule has 4 amide bonds. The zero-order valence-electron chi connectivity index (χ0n) is 22.9. The summed E-state index contributed by atoms with van der Waals surface area (Å²) in [4.78, 5) is 49.0. The molecule has 9 nitrogen and oxygen atoms in total. The number of rotatable bonds is 14. The molecule has 0 aromatic heterocycles. The van der Waals surface area contributed by atoms with Crippen LogP contribution in [-0.4, -0.2) is 50.1 Å². The average molecular weight is 563 g/mol. The smallest absolute Gasteiger partial charge is 0.328 e. The van der Waals surface area contributed by atoms with Gasteiger partial charge in [-0.1, -0.05) is 72.8 Å². The molecule has 0 aliphatic carbocycles. The van der Waals surface area contributed by atoms with Gasteiger partial charge < -0.3 is 26.0 Å². The third-order valence-electron chi connectivity index (χ3n) is 6.37. The van der Waals surface area contributed by atoms with E-state index in [2.05, 4.69) is 21.3 Å². The van der Waals surface area contributed by atoms with Crippen molar-refractivity contribution in [2.24, 2.45) is 0 Å². The maximum atomic E-state index is 13.7. The Bertz CT molecular complexity index is 1250. The van der Waals surface area contributed by atoms with Gasteiger partial charge in [-0.3, -0.25) is 9.59 Å². The summed E-state index contributed by atoms with van der Waals surface area (Å²) < 4.78 is 18.5. The Hall–Kier alpha value is -4.73. The van der Waals surface area contributed by atoms with E-state index in [-0.39, 0.29) is 24.1 Å². The number of unbranched alkanes of at least 4 members (excludes halogenated alkanes) is 1. The van der Waals surface area contributed by atoms with Gasteiger partial charge in [0.25, 0.3) is 0 Å². The van der Waals surface area contributed by atoms with Gasteiger partial charge in [-0.2, -0.15) is 0 Å². The lowest BCUT2D eigenvalue weighted by atomic mass is 9.91. The number of benzene rings is 3. The highest BCUT2D eigenvalue weighted by molar-refractivity contribution is 6.04. The van der Waals surface area contributed by atoms with Crippen LogP contribution in [0.3, 0.4) is 0 Å². The zero-order valence-corrected chi connectivity index (χ0v) is 22.9. The van der Waals surface area contributed by atoms with Crippen molar-refractivity contribution in [3.05, 3.63) is 102 Å². The molecule has 0 aliphatic rings. The molecule has 0 spiro atoms. The summed E-state index contributed by atoms with van der Waals surface area (Å²) in [5, 5.41) is 10.6. The number of hydrogen-bond donors (Lipinski definition) is 4. The summed E-state index contributed by atoms with van der Waals surface area (Å²) in [7, 11) is 1.20. The summed E-state index contributed by atoms with van der Waals surface area (Å²) in [6.45, 7) is 0.779. The Balaban J connectivity index is 1.40. The van der Waals surface area contributed by atoms with Crippen LogP contribution in [0.15, 0.2) is 84.9 Å². The van der Waals surface area contributed by atoms with E-state index in [1.807, 2.05) is 60.7 Å². The second-order valence-corrected chi connectivity index (χ2v) is 9.35. The molecule has 1 atom stereocenters. The van der Waals surface area contributed by atoms with E-state index in [9.17, 15) is 23.6 Å². The van der Waals surface area contributed by atoms with E-state index in [0.29, 0.717) is 25.9 Å². The Morgan fingerprint density at radius 3 is 2.00 bits per heavy atom. The summed E-state index contributed by atoms with van der Waals surface area (Å²) in [6.07, 6.45) is 0.709. The molecule has 0 unspecified atom stereocenters. The molecule has 3 rings (SSSR count). The molecular weight excluding hydrogens is 527 g/mol. The first kappa shape index (κ1) is 30.8. The average Bonchev–Trinajstić information content (AvgIpc) is 2.98. The molecule has 0 saturated heterocycles. The van der Waals surface area contributed by atoms with Crippen molar-refractivity contribution in [1.82, 2.24) is 16.0 Å². The highest BCUT2D eigenvalue weighted by Gasteiger charge is 2.22. The van der Waals surface area contributed by atoms with E-state index >= 15 is 0 Å². The van der Waals surface area contributed by atoms with Gasteiger partial charge in [0.05, 0.1) is 12.8 Å². The predicted molar refractivity (Wildman–Crippen MR) is 154 cm³/mol. The number of carbonyl (C=O) groups excluding carboxylic acids is 4. The van der Waals surface area contributed by atoms with E-state index < -0.39 is 36.1 Å². The van der Waals surface area contributed by atoms with Crippen molar-refractivity contribution < 1.29 is 28.3 Å². The second kappa shape index (κ2) is 16.4. The van der Waals surface area contributed by atoms with Crippen LogP contribution >= 0.6 is 0 Å². The first-order valence-corrected chi connectivity index (χ1v) is 13.4. The fourth-order valence-electron chi connectivity index (χ4n) is 4.27. The van der Waals surface area contributed by atoms with Crippen LogP contribution in [-0.2, 0) is 19.1 Å². The van der Waals surface area contributed by atoms with Gasteiger partial charge in [0.2, 0.25) is 11.8 Å². The van der Waals surface area contributed by atoms with Crippen LogP contribution in [0.25, 0.3) is 0 Å². The third kappa shape index (κ3) is 10.4. The molecule has 3 aromatic rings. The molecule has 0 aliphatic heterocycles. The van der Waals surface area contributed by atoms with Crippen LogP contribution < -0.4 is 21.3 Å². The number of urea groups is 1. The predicted octanol–water partition coefficient (Wildman–Crippen LogP) is 4.11. The van der Waals surface area contributed by atoms with E-state index in [1.165, 1.54) is 25.3 Å². The number of anilines is 1. The van der Waals surface area contributed by atoms with E-state index in [0.717, 1.165) is 11.1 Å². The van der Waals surface area contributed by atoms with E-state index in [1.54, 1.807) is 6.07 Å². The Labute approximate surface area is 238 Å². The fourth-order valence-corrected chi connectivity index (χ4v) is 4.27. The molecule has 41 heavy (non-hydrogen) atoms. The Morgan fingerprint density at radius 1 is 0.780 bits per heavy atom. The quantitative estimate of drug-likeness (QED) is 0.134. The van der Waals surface area contributed by atoms with Gasteiger partial charge in [-0.05, 0) is 42.5 Å². The van der Waals surface area contributed by atoms with Gasteiger partial charge in [-0.25, -0.2) is 14.0 Å². The lowest BCUT2D eigenvalue weighted by Crippen LogP contribution is -2.42. The van der Waals surface area contributed by atoms with E-state index in [4.69, 9.17) is 4.74 Å². The van der Waals surface area contributed by atoms with Crippen molar-refractivity contribution in [2.75, 3.05) is 25.5 Å². The lowest BCUT2D eigenvalue weighted by Gasteiger charge is -2.19. The van der Waals surface area contributed by atoms with Gasteiger partial charge in [-0.15, -0.1) is 0 Å². The minimum Gasteiger partial charge on any atom is -0.467 e. The summed E-state index contributed by atoms with van der Waals surface area (Å²) >= 11 is 0. The van der Waals surface area contributed by atoms with Crippen molar-refractivity contribution in [3.63, 3.8) is 0 Å². The molecular formula is C31H35FN4O5. The monoisotopic (exact) mass is 562 g/mol. The second-order valence-electron chi connectivity index (χ2n) is 9.35. The SMILES string of the molecule is COC(=O)[C@H](CCCCNC(=O)NCC(c1ccccc1)c1ccccc1)NC(=O)CC(=O)Nc1ccccc1F. The third-order valence-corrected chi connectivity index (χ3v) is 6.37. The molecule has 216 valence electrons. The molecule has 0 fully saturated rings. The number of ether oxygens (including phenoxy) is 1. The fraction of sp³-hybridized carbons (Fsp3) is 0.290. The van der Waals surface area contributed by atoms with Crippen LogP contribution in [0.4, 0.5) is 14.9 Å². The molecule has 4 N–H and O–H groups in total. The lowest BCUT2D eigenvalue weighted by molar-refractivity contribution is -0.145. The number of nitrogens with one attached hydrogen (secondary N) is 4. The number of hydrogen-bond acceptors (Lipinski definition) is 5. The standard InChI is InChI=1S/C31H35FN4O5/c1-41-30(39)27(36-29(38)20-28(37)35-26-17-9-8-16-25(26)32)18-10-11-19-33-31(40)34-21-24(22-12-4-2-5-13-22)23-14-6-3-7-15-23/h2-9,12-17,24,27H,10-11,18-21H2,1H3,(H,35,37)(H,36,38)(H2,33,34,40)/t27-/m0/s1. The summed E-state index contributed by atoms with van der Waals surface area (Å²) in [5.41, 5.74) is 2.15. The highest BCUT2D eigenvalue weighted by Crippen LogP contribution is 2.23. The number of esters is 1. The maximum absolute atomic E-state index is 13.7. The van der Waals surface area contributed by atoms with Crippen LogP contribution in [0.1, 0.15) is 42.7 Å². The Morgan fingerprint density at radius 2 is 1.39 bits per heavy atom. The molecule has 0 heterocycles. The number of methoxy groups -OCH3 is 1. The number of halogens is 1.